The first-order valence-corrected chi connectivity index (χ1v) is 9.42. The highest BCUT2D eigenvalue weighted by Gasteiger charge is 2.30. The summed E-state index contributed by atoms with van der Waals surface area (Å²) in [7, 11) is 0. The number of halogens is 2. The predicted molar refractivity (Wildman–Crippen MR) is 101 cm³/mol. The maximum atomic E-state index is 12.0. The highest BCUT2D eigenvalue weighted by atomic mass is 79.9. The number of aromatic nitrogens is 2. The van der Waals surface area contributed by atoms with Gasteiger partial charge in [0.25, 0.3) is 0 Å². The number of hydrogen-bond donors (Lipinski definition) is 0. The van der Waals surface area contributed by atoms with Crippen molar-refractivity contribution < 1.29 is 14.5 Å². The summed E-state index contributed by atoms with van der Waals surface area (Å²) in [5, 5.41) is 12.0. The molecule has 0 spiro atoms. The molecule has 0 amide bonds. The molecule has 0 saturated carbocycles. The lowest BCUT2D eigenvalue weighted by Gasteiger charge is -2.07. The number of nitrogens with zero attached hydrogens (tertiary/aromatic N) is 2. The van der Waals surface area contributed by atoms with Crippen LogP contribution in [0.3, 0.4) is 0 Å². The summed E-state index contributed by atoms with van der Waals surface area (Å²) in [4.78, 5) is 12.0. The summed E-state index contributed by atoms with van der Waals surface area (Å²) < 4.78 is 5.38. The van der Waals surface area contributed by atoms with Crippen LogP contribution in [-0.2, 0) is 6.42 Å². The molecule has 25 heavy (non-hydrogen) atoms. The number of carbonyl (C=O) groups is 1. The second-order valence-corrected chi connectivity index (χ2v) is 7.45. The molecule has 3 rings (SSSR count). The zero-order chi connectivity index (χ0) is 18.1. The number of carbonyl (C=O) groups excluding carboxylic acids is 1. The molecule has 0 aliphatic rings. The fourth-order valence-corrected chi connectivity index (χ4v) is 3.58. The van der Waals surface area contributed by atoms with Crippen LogP contribution in [0.1, 0.15) is 28.9 Å². The number of benzene rings is 2. The molecule has 0 atom stereocenters. The van der Waals surface area contributed by atoms with Crippen molar-refractivity contribution in [1.82, 2.24) is 4.57 Å². The molecule has 6 heteroatoms. The van der Waals surface area contributed by atoms with Gasteiger partial charge in [-0.05, 0) is 48.5 Å². The van der Waals surface area contributed by atoms with Crippen molar-refractivity contribution in [3.8, 4) is 11.4 Å². The van der Waals surface area contributed by atoms with E-state index < -0.39 is 5.97 Å². The number of imidazole rings is 1. The third-order valence-corrected chi connectivity index (χ3v) is 5.19. The quantitative estimate of drug-likeness (QED) is 0.556. The summed E-state index contributed by atoms with van der Waals surface area (Å²) >= 11 is 6.83. The molecule has 3 aromatic rings. The van der Waals surface area contributed by atoms with Gasteiger partial charge in [-0.25, -0.2) is 0 Å². The van der Waals surface area contributed by atoms with Gasteiger partial charge in [0.2, 0.25) is 0 Å². The molecule has 1 aromatic heterocycles. The predicted octanol–water partition coefficient (Wildman–Crippen LogP) is 3.51. The van der Waals surface area contributed by atoms with Crippen molar-refractivity contribution >= 4 is 37.8 Å². The molecule has 1 heterocycles. The normalized spacial score (nSPS) is 10.9. The Morgan fingerprint density at radius 2 is 1.56 bits per heavy atom. The van der Waals surface area contributed by atoms with E-state index in [1.807, 2.05) is 62.4 Å². The minimum atomic E-state index is -1.21. The Labute approximate surface area is 163 Å². The monoisotopic (exact) mass is 462 g/mol. The van der Waals surface area contributed by atoms with E-state index in [0.29, 0.717) is 6.42 Å². The van der Waals surface area contributed by atoms with E-state index in [0.717, 1.165) is 31.7 Å². The van der Waals surface area contributed by atoms with Crippen molar-refractivity contribution in [1.29, 1.82) is 0 Å². The zero-order valence-electron chi connectivity index (χ0n) is 13.8. The van der Waals surface area contributed by atoms with E-state index in [-0.39, 0.29) is 5.82 Å². The van der Waals surface area contributed by atoms with Gasteiger partial charge >= 0.3 is 5.82 Å². The molecular formula is C19H16Br2N2O2. The zero-order valence-corrected chi connectivity index (χ0v) is 17.0. The standard InChI is InChI=1S/C19H16Br2N2O2/c1-3-17-12(2)22(15-8-4-13(20)5-9-15)18(19(24)25)23(17)16-10-6-14(21)7-11-16/h4-11H,3H2,1-2H3. The average molecular weight is 464 g/mol. The van der Waals surface area contributed by atoms with Crippen LogP contribution in [0, 0.1) is 6.92 Å². The third kappa shape index (κ3) is 3.28. The van der Waals surface area contributed by atoms with Gasteiger partial charge in [-0.1, -0.05) is 38.8 Å². The molecule has 0 radical (unpaired) electrons. The molecule has 0 unspecified atom stereocenters. The molecule has 2 aromatic carbocycles. The van der Waals surface area contributed by atoms with Crippen molar-refractivity contribution in [2.75, 3.05) is 0 Å². The Bertz CT molecular complexity index is 930. The van der Waals surface area contributed by atoms with Crippen LogP contribution in [0.4, 0.5) is 0 Å². The fourth-order valence-electron chi connectivity index (χ4n) is 3.05. The van der Waals surface area contributed by atoms with E-state index >= 15 is 0 Å². The first-order valence-electron chi connectivity index (χ1n) is 7.83. The molecule has 0 bridgehead atoms. The van der Waals surface area contributed by atoms with Crippen molar-refractivity contribution in [3.63, 3.8) is 0 Å². The first kappa shape index (κ1) is 17.9. The van der Waals surface area contributed by atoms with Crippen LogP contribution in [-0.4, -0.2) is 10.5 Å². The third-order valence-electron chi connectivity index (χ3n) is 4.13. The molecule has 0 fully saturated rings. The lowest BCUT2D eigenvalue weighted by Crippen LogP contribution is -2.44. The van der Waals surface area contributed by atoms with E-state index in [4.69, 9.17) is 0 Å². The lowest BCUT2D eigenvalue weighted by molar-refractivity contribution is -0.609. The lowest BCUT2D eigenvalue weighted by atomic mass is 10.2. The SMILES string of the molecule is CCc1c(C)n(-c2ccc(Br)cc2)c(C(=O)[O-])[n+]1-c1ccc(Br)cc1. The summed E-state index contributed by atoms with van der Waals surface area (Å²) in [6.45, 7) is 3.95. The minimum Gasteiger partial charge on any atom is -0.538 e. The number of rotatable bonds is 4. The van der Waals surface area contributed by atoms with E-state index in [2.05, 4.69) is 31.9 Å². The molecule has 0 aliphatic carbocycles. The van der Waals surface area contributed by atoms with Crippen LogP contribution in [0.15, 0.2) is 57.5 Å². The number of aromatic carboxylic acids is 1. The van der Waals surface area contributed by atoms with E-state index in [1.165, 1.54) is 0 Å². The Kier molecular flexibility index (Phi) is 5.11. The van der Waals surface area contributed by atoms with Gasteiger partial charge in [0.05, 0.1) is 0 Å². The topological polar surface area (TPSA) is 48.9 Å². The minimum absolute atomic E-state index is 0.110. The Morgan fingerprint density at radius 1 is 1.04 bits per heavy atom. The van der Waals surface area contributed by atoms with Crippen LogP contribution in [0.25, 0.3) is 11.4 Å². The summed E-state index contributed by atoms with van der Waals surface area (Å²) in [5.74, 6) is -1.10. The number of hydrogen-bond acceptors (Lipinski definition) is 2. The summed E-state index contributed by atoms with van der Waals surface area (Å²) in [6.07, 6.45) is 0.700. The smallest absolute Gasteiger partial charge is 0.315 e. The molecule has 128 valence electrons. The van der Waals surface area contributed by atoms with E-state index in [9.17, 15) is 9.90 Å². The maximum Gasteiger partial charge on any atom is 0.315 e. The Balaban J connectivity index is 2.35. The van der Waals surface area contributed by atoms with Gasteiger partial charge in [-0.2, -0.15) is 9.13 Å². The first-order chi connectivity index (χ1) is 11.9. The summed E-state index contributed by atoms with van der Waals surface area (Å²) in [5.41, 5.74) is 3.39. The second kappa shape index (κ2) is 7.14. The largest absolute Gasteiger partial charge is 0.538 e. The van der Waals surface area contributed by atoms with Crippen LogP contribution >= 0.6 is 31.9 Å². The molecule has 0 aliphatic heterocycles. The Hall–Kier alpha value is -1.92. The van der Waals surface area contributed by atoms with Crippen molar-refractivity contribution in [2.45, 2.75) is 20.3 Å². The van der Waals surface area contributed by atoms with E-state index in [1.54, 1.807) is 9.13 Å². The molecule has 0 saturated heterocycles. The van der Waals surface area contributed by atoms with Gasteiger partial charge in [0.1, 0.15) is 17.1 Å². The highest BCUT2D eigenvalue weighted by molar-refractivity contribution is 9.10. The molecule has 0 N–H and O–H groups in total. The van der Waals surface area contributed by atoms with Crippen LogP contribution in [0.5, 0.6) is 0 Å². The van der Waals surface area contributed by atoms with Crippen LogP contribution in [0.2, 0.25) is 0 Å². The van der Waals surface area contributed by atoms with Gasteiger partial charge in [-0.15, -0.1) is 0 Å². The maximum absolute atomic E-state index is 12.0. The van der Waals surface area contributed by atoms with Gasteiger partial charge in [0.15, 0.2) is 11.7 Å². The van der Waals surface area contributed by atoms with Crippen LogP contribution < -0.4 is 9.67 Å². The van der Waals surface area contributed by atoms with Gasteiger partial charge in [-0.3, -0.25) is 0 Å². The number of carboxylic acid groups (broad SMARTS) is 1. The Morgan fingerprint density at radius 3 is 2.04 bits per heavy atom. The van der Waals surface area contributed by atoms with Gasteiger partial charge in [0, 0.05) is 22.3 Å². The summed E-state index contributed by atoms with van der Waals surface area (Å²) in [6, 6.07) is 15.1. The molecular weight excluding hydrogens is 448 g/mol. The van der Waals surface area contributed by atoms with Crippen molar-refractivity contribution in [3.05, 3.63) is 74.7 Å². The van der Waals surface area contributed by atoms with Crippen molar-refractivity contribution in [2.24, 2.45) is 0 Å². The second-order valence-electron chi connectivity index (χ2n) is 5.62. The fraction of sp³-hybridized carbons (Fsp3) is 0.158. The van der Waals surface area contributed by atoms with Gasteiger partial charge < -0.3 is 9.90 Å². The number of carboxylic acids is 1. The molecule has 4 nitrogen and oxygen atoms in total. The average Bonchev–Trinajstić information content (AvgIpc) is 2.89. The highest BCUT2D eigenvalue weighted by Crippen LogP contribution is 2.22.